The summed E-state index contributed by atoms with van der Waals surface area (Å²) < 4.78 is 26.2. The molecule has 8 heteroatoms. The predicted octanol–water partition coefficient (Wildman–Crippen LogP) is 4.61. The number of hydrogen-bond donors (Lipinski definition) is 0. The van der Waals surface area contributed by atoms with E-state index >= 15 is 0 Å². The van der Waals surface area contributed by atoms with Crippen molar-refractivity contribution < 1.29 is 18.6 Å². The van der Waals surface area contributed by atoms with Crippen molar-refractivity contribution in [2.24, 2.45) is 0 Å². The number of aromatic nitrogens is 2. The summed E-state index contributed by atoms with van der Waals surface area (Å²) in [6.45, 7) is 16.5. The fourth-order valence-electron chi connectivity index (χ4n) is 4.20. The third-order valence-electron chi connectivity index (χ3n) is 7.57. The Labute approximate surface area is 192 Å². The second-order valence-corrected chi connectivity index (χ2v) is 10.8. The third kappa shape index (κ3) is 4.03. The van der Waals surface area contributed by atoms with Crippen LogP contribution in [0.25, 0.3) is 0 Å². The molecular weight excluding hydrogens is 402 g/mol. The molecule has 0 spiro atoms. The summed E-state index contributed by atoms with van der Waals surface area (Å²) in [5.74, 6) is -0.580. The molecule has 0 aliphatic carbocycles. The van der Waals surface area contributed by atoms with Crippen LogP contribution in [-0.4, -0.2) is 46.6 Å². The van der Waals surface area contributed by atoms with E-state index in [1.807, 2.05) is 36.4 Å². The normalized spacial score (nSPS) is 25.0. The molecule has 2 saturated heterocycles. The second kappa shape index (κ2) is 7.94. The fourth-order valence-corrected chi connectivity index (χ4v) is 4.20. The Kier molecular flexibility index (Phi) is 5.82. The maximum atomic E-state index is 6.55. The summed E-state index contributed by atoms with van der Waals surface area (Å²) in [5.41, 5.74) is -0.192. The Morgan fingerprint density at radius 2 is 0.875 bits per heavy atom. The van der Waals surface area contributed by atoms with E-state index in [2.05, 4.69) is 55.4 Å². The van der Waals surface area contributed by atoms with Gasteiger partial charge in [-0.25, -0.2) is 0 Å². The van der Waals surface area contributed by atoms with Crippen LogP contribution in [-0.2, 0) is 18.6 Å². The quantitative estimate of drug-likeness (QED) is 0.639. The Morgan fingerprint density at radius 3 is 1.12 bits per heavy atom. The minimum absolute atomic E-state index is 0.290. The number of pyridine rings is 2. The SMILES string of the molecule is CC1(C)OB(C(c2ccccn2)C(B2OC(C)(C)C(C)(C)O2)c2ccccn2)OC1(C)C. The molecule has 32 heavy (non-hydrogen) atoms. The largest absolute Gasteiger partial charge is 0.467 e. The Morgan fingerprint density at radius 1 is 0.562 bits per heavy atom. The summed E-state index contributed by atoms with van der Waals surface area (Å²) in [4.78, 5) is 9.42. The van der Waals surface area contributed by atoms with Gasteiger partial charge in [-0.2, -0.15) is 0 Å². The Balaban J connectivity index is 1.84. The lowest BCUT2D eigenvalue weighted by molar-refractivity contribution is 0.00578. The molecule has 2 unspecified atom stereocenters. The van der Waals surface area contributed by atoms with E-state index in [9.17, 15) is 0 Å². The van der Waals surface area contributed by atoms with Crippen molar-refractivity contribution in [3.8, 4) is 0 Å². The average Bonchev–Trinajstić information content (AvgIpc) is 3.06. The van der Waals surface area contributed by atoms with Gasteiger partial charge >= 0.3 is 14.2 Å². The summed E-state index contributed by atoms with van der Waals surface area (Å²) >= 11 is 0. The summed E-state index contributed by atoms with van der Waals surface area (Å²) in [6, 6.07) is 11.8. The molecule has 0 N–H and O–H groups in total. The molecule has 4 rings (SSSR count). The van der Waals surface area contributed by atoms with Gasteiger partial charge in [-0.15, -0.1) is 0 Å². The molecule has 0 aromatic carbocycles. The van der Waals surface area contributed by atoms with Gasteiger partial charge in [0.05, 0.1) is 22.4 Å². The predicted molar refractivity (Wildman–Crippen MR) is 126 cm³/mol. The molecule has 2 aliphatic heterocycles. The van der Waals surface area contributed by atoms with E-state index < -0.39 is 36.6 Å². The molecule has 0 saturated carbocycles. The van der Waals surface area contributed by atoms with E-state index in [1.54, 1.807) is 12.4 Å². The summed E-state index contributed by atoms with van der Waals surface area (Å²) in [7, 11) is -1.08. The van der Waals surface area contributed by atoms with Crippen molar-refractivity contribution in [3.63, 3.8) is 0 Å². The van der Waals surface area contributed by atoms with Crippen molar-refractivity contribution in [3.05, 3.63) is 60.2 Å². The topological polar surface area (TPSA) is 62.7 Å². The maximum absolute atomic E-state index is 6.55. The molecule has 4 heterocycles. The van der Waals surface area contributed by atoms with Crippen molar-refractivity contribution in [2.45, 2.75) is 89.4 Å². The van der Waals surface area contributed by atoms with Crippen LogP contribution >= 0.6 is 0 Å². The van der Waals surface area contributed by atoms with Crippen molar-refractivity contribution >= 4 is 14.2 Å². The molecule has 2 aromatic heterocycles. The van der Waals surface area contributed by atoms with Crippen molar-refractivity contribution in [1.82, 2.24) is 9.97 Å². The van der Waals surface area contributed by atoms with Crippen LogP contribution in [0.15, 0.2) is 48.8 Å². The summed E-state index contributed by atoms with van der Waals surface area (Å²) in [5, 5.41) is 0. The first-order chi connectivity index (χ1) is 14.8. The van der Waals surface area contributed by atoms with Gasteiger partial charge in [0.1, 0.15) is 0 Å². The van der Waals surface area contributed by atoms with Crippen LogP contribution in [0.3, 0.4) is 0 Å². The Hall–Kier alpha value is -1.73. The maximum Gasteiger partial charge on any atom is 0.467 e. The fraction of sp³-hybridized carbons (Fsp3) is 0.583. The number of rotatable bonds is 5. The van der Waals surface area contributed by atoms with Gasteiger partial charge in [0, 0.05) is 35.4 Å². The lowest BCUT2D eigenvalue weighted by atomic mass is 9.50. The highest BCUT2D eigenvalue weighted by molar-refractivity contribution is 6.55. The molecule has 2 fully saturated rings. The van der Waals surface area contributed by atoms with Gasteiger partial charge in [-0.1, -0.05) is 12.1 Å². The molecule has 0 amide bonds. The van der Waals surface area contributed by atoms with Crippen molar-refractivity contribution in [2.75, 3.05) is 0 Å². The van der Waals surface area contributed by atoms with Gasteiger partial charge in [0.25, 0.3) is 0 Å². The molecule has 2 atom stereocenters. The third-order valence-corrected chi connectivity index (χ3v) is 7.57. The minimum Gasteiger partial charge on any atom is -0.403 e. The lowest BCUT2D eigenvalue weighted by Crippen LogP contribution is -2.41. The summed E-state index contributed by atoms with van der Waals surface area (Å²) in [6.07, 6.45) is 3.60. The van der Waals surface area contributed by atoms with E-state index in [4.69, 9.17) is 28.6 Å². The molecule has 2 aromatic rings. The number of nitrogens with zero attached hydrogens (tertiary/aromatic N) is 2. The first kappa shape index (κ1) is 23.4. The van der Waals surface area contributed by atoms with Crippen LogP contribution in [0.4, 0.5) is 0 Å². The molecule has 0 bridgehead atoms. The molecule has 0 radical (unpaired) electrons. The number of hydrogen-bond acceptors (Lipinski definition) is 6. The monoisotopic (exact) mass is 436 g/mol. The van der Waals surface area contributed by atoms with Crippen LogP contribution < -0.4 is 0 Å². The zero-order chi connectivity index (χ0) is 23.4. The standard InChI is InChI=1S/C24H34B2N2O4/c1-21(2)22(3,4)30-25(29-21)19(17-13-9-11-15-27-17)20(18-14-10-12-16-28-18)26-31-23(5,6)24(7,8)32-26/h9-16,19-20H,1-8H3. The highest BCUT2D eigenvalue weighted by atomic mass is 16.7. The molecule has 2 aliphatic rings. The average molecular weight is 436 g/mol. The van der Waals surface area contributed by atoms with Crippen LogP contribution in [0, 0.1) is 0 Å². The zero-order valence-corrected chi connectivity index (χ0v) is 20.5. The van der Waals surface area contributed by atoms with Gasteiger partial charge in [-0.05, 0) is 79.7 Å². The van der Waals surface area contributed by atoms with E-state index in [-0.39, 0.29) is 11.6 Å². The van der Waals surface area contributed by atoms with Gasteiger partial charge in [0.15, 0.2) is 0 Å². The van der Waals surface area contributed by atoms with Gasteiger partial charge in [-0.3, -0.25) is 9.97 Å². The lowest BCUT2D eigenvalue weighted by Gasteiger charge is -2.32. The smallest absolute Gasteiger partial charge is 0.403 e. The minimum atomic E-state index is -0.541. The molecular formula is C24H34B2N2O4. The second-order valence-electron chi connectivity index (χ2n) is 10.8. The highest BCUT2D eigenvalue weighted by Crippen LogP contribution is 2.49. The van der Waals surface area contributed by atoms with Crippen molar-refractivity contribution in [1.29, 1.82) is 0 Å². The molecule has 6 nitrogen and oxygen atoms in total. The van der Waals surface area contributed by atoms with E-state index in [0.717, 1.165) is 11.4 Å². The van der Waals surface area contributed by atoms with Crippen LogP contribution in [0.5, 0.6) is 0 Å². The zero-order valence-electron chi connectivity index (χ0n) is 20.5. The molecule has 170 valence electrons. The van der Waals surface area contributed by atoms with Gasteiger partial charge < -0.3 is 18.6 Å². The van der Waals surface area contributed by atoms with Gasteiger partial charge in [0.2, 0.25) is 0 Å². The highest BCUT2D eigenvalue weighted by Gasteiger charge is 2.62. The first-order valence-corrected chi connectivity index (χ1v) is 11.4. The Bertz CT molecular complexity index is 828. The first-order valence-electron chi connectivity index (χ1n) is 11.4. The van der Waals surface area contributed by atoms with E-state index in [1.165, 1.54) is 0 Å². The van der Waals surface area contributed by atoms with Crippen LogP contribution in [0.1, 0.15) is 78.4 Å². The van der Waals surface area contributed by atoms with Crippen LogP contribution in [0.2, 0.25) is 0 Å². The van der Waals surface area contributed by atoms with E-state index in [0.29, 0.717) is 0 Å².